The minimum absolute atomic E-state index is 0.0696. The molecule has 180 valence electrons. The van der Waals surface area contributed by atoms with E-state index in [4.69, 9.17) is 4.74 Å². The number of ether oxygens (including phenoxy) is 1. The summed E-state index contributed by atoms with van der Waals surface area (Å²) in [5.41, 5.74) is 4.64. The number of benzene rings is 3. The monoisotopic (exact) mass is 486 g/mol. The van der Waals surface area contributed by atoms with Crippen LogP contribution in [0.2, 0.25) is 0 Å². The number of amides is 1. The molecule has 1 aromatic heterocycles. The van der Waals surface area contributed by atoms with Crippen molar-refractivity contribution in [2.24, 2.45) is 0 Å². The maximum atomic E-state index is 13.6. The fraction of sp³-hybridized carbons (Fsp3) is 0.125. The van der Waals surface area contributed by atoms with Gasteiger partial charge in [-0.15, -0.1) is 0 Å². The van der Waals surface area contributed by atoms with E-state index in [0.29, 0.717) is 23.3 Å². The molecule has 11 heteroatoms. The number of hydrazine groups is 1. The second-order valence-corrected chi connectivity index (χ2v) is 7.53. The van der Waals surface area contributed by atoms with E-state index in [2.05, 4.69) is 15.8 Å². The second-order valence-electron chi connectivity index (χ2n) is 7.53. The fourth-order valence-electron chi connectivity index (χ4n) is 3.32. The summed E-state index contributed by atoms with van der Waals surface area (Å²) >= 11 is 0. The standard InChI is InChI=1S/C24H18F4N4O3/c25-20-8-6-16(10-19(20)24(26,27)28)12-32-14-29-21-9-7-17(11-18(21)22(32)33)30-31-23(34)35-13-15-4-2-1-3-5-15/h1-11,14,30H,12-13H2,(H,31,34). The van der Waals surface area contributed by atoms with Crippen LogP contribution in [-0.2, 0) is 24.1 Å². The molecule has 0 aliphatic carbocycles. The lowest BCUT2D eigenvalue weighted by Gasteiger charge is -2.12. The lowest BCUT2D eigenvalue weighted by molar-refractivity contribution is -0.140. The summed E-state index contributed by atoms with van der Waals surface area (Å²) < 4.78 is 58.7. The highest BCUT2D eigenvalue weighted by molar-refractivity contribution is 5.82. The van der Waals surface area contributed by atoms with Crippen LogP contribution in [0.5, 0.6) is 0 Å². The molecule has 3 aromatic carbocycles. The van der Waals surface area contributed by atoms with Crippen molar-refractivity contribution in [3.63, 3.8) is 0 Å². The number of carbonyl (C=O) groups is 1. The van der Waals surface area contributed by atoms with Crippen LogP contribution in [0, 0.1) is 5.82 Å². The van der Waals surface area contributed by atoms with Crippen molar-refractivity contribution >= 4 is 22.7 Å². The molecule has 1 amide bonds. The molecule has 0 saturated heterocycles. The number of nitrogens with zero attached hydrogens (tertiary/aromatic N) is 2. The van der Waals surface area contributed by atoms with E-state index in [-0.39, 0.29) is 24.1 Å². The Morgan fingerprint density at radius 2 is 1.77 bits per heavy atom. The molecule has 0 atom stereocenters. The van der Waals surface area contributed by atoms with E-state index < -0.39 is 29.2 Å². The summed E-state index contributed by atoms with van der Waals surface area (Å²) in [4.78, 5) is 29.0. The highest BCUT2D eigenvalue weighted by Gasteiger charge is 2.34. The number of hydrogen-bond donors (Lipinski definition) is 2. The molecule has 0 saturated carbocycles. The normalized spacial score (nSPS) is 11.3. The zero-order chi connectivity index (χ0) is 25.0. The number of rotatable bonds is 6. The molecule has 0 bridgehead atoms. The average molecular weight is 486 g/mol. The minimum atomic E-state index is -4.86. The lowest BCUT2D eigenvalue weighted by Crippen LogP contribution is -2.30. The number of carbonyl (C=O) groups excluding carboxylic acids is 1. The van der Waals surface area contributed by atoms with Crippen LogP contribution in [0.25, 0.3) is 10.9 Å². The number of hydrogen-bond acceptors (Lipinski definition) is 5. The Balaban J connectivity index is 1.48. The van der Waals surface area contributed by atoms with E-state index in [1.54, 1.807) is 24.3 Å². The molecule has 0 unspecified atom stereocenters. The fourth-order valence-corrected chi connectivity index (χ4v) is 3.32. The first-order valence-electron chi connectivity index (χ1n) is 10.3. The Hall–Kier alpha value is -4.41. The van der Waals surface area contributed by atoms with Gasteiger partial charge in [0.15, 0.2) is 0 Å². The van der Waals surface area contributed by atoms with Crippen molar-refractivity contribution in [1.29, 1.82) is 0 Å². The van der Waals surface area contributed by atoms with Crippen molar-refractivity contribution in [2.75, 3.05) is 5.43 Å². The van der Waals surface area contributed by atoms with Gasteiger partial charge in [-0.25, -0.2) is 19.6 Å². The van der Waals surface area contributed by atoms with Gasteiger partial charge in [-0.3, -0.25) is 14.8 Å². The number of fused-ring (bicyclic) bond motifs is 1. The highest BCUT2D eigenvalue weighted by atomic mass is 19.4. The molecule has 1 heterocycles. The van der Waals surface area contributed by atoms with Crippen LogP contribution in [-0.4, -0.2) is 15.6 Å². The molecule has 2 N–H and O–H groups in total. The smallest absolute Gasteiger partial charge is 0.426 e. The lowest BCUT2D eigenvalue weighted by atomic mass is 10.1. The summed E-state index contributed by atoms with van der Waals surface area (Å²) in [5.74, 6) is -1.39. The summed E-state index contributed by atoms with van der Waals surface area (Å²) in [6, 6.07) is 16.2. The molecule has 0 aliphatic heterocycles. The molecule has 0 aliphatic rings. The predicted molar refractivity (Wildman–Crippen MR) is 120 cm³/mol. The number of alkyl halides is 3. The van der Waals surface area contributed by atoms with Gasteiger partial charge < -0.3 is 4.74 Å². The third-order valence-corrected chi connectivity index (χ3v) is 5.03. The van der Waals surface area contributed by atoms with E-state index in [1.807, 2.05) is 18.2 Å². The van der Waals surface area contributed by atoms with Crippen LogP contribution in [0.3, 0.4) is 0 Å². The maximum absolute atomic E-state index is 13.6. The van der Waals surface area contributed by atoms with Crippen molar-refractivity contribution in [3.05, 3.63) is 106 Å². The van der Waals surface area contributed by atoms with Crippen LogP contribution in [0.4, 0.5) is 28.0 Å². The maximum Gasteiger partial charge on any atom is 0.426 e. The number of nitrogens with one attached hydrogen (secondary N) is 2. The van der Waals surface area contributed by atoms with Gasteiger partial charge in [0.2, 0.25) is 0 Å². The third kappa shape index (κ3) is 5.75. The Kier molecular flexibility index (Phi) is 6.67. The van der Waals surface area contributed by atoms with E-state index >= 15 is 0 Å². The summed E-state index contributed by atoms with van der Waals surface area (Å²) in [6.07, 6.45) is -4.40. The SMILES string of the molecule is O=C(NNc1ccc2ncn(Cc3ccc(F)c(C(F)(F)F)c3)c(=O)c2c1)OCc1ccccc1. The van der Waals surface area contributed by atoms with Gasteiger partial charge in [-0.1, -0.05) is 36.4 Å². The Morgan fingerprint density at radius 3 is 2.51 bits per heavy atom. The van der Waals surface area contributed by atoms with E-state index in [1.165, 1.54) is 18.5 Å². The predicted octanol–water partition coefficient (Wildman–Crippen LogP) is 4.86. The zero-order valence-electron chi connectivity index (χ0n) is 18.0. The van der Waals surface area contributed by atoms with Crippen LogP contribution >= 0.6 is 0 Å². The van der Waals surface area contributed by atoms with Gasteiger partial charge in [0.1, 0.15) is 12.4 Å². The first-order chi connectivity index (χ1) is 16.7. The average Bonchev–Trinajstić information content (AvgIpc) is 2.84. The van der Waals surface area contributed by atoms with Crippen molar-refractivity contribution in [2.45, 2.75) is 19.3 Å². The minimum Gasteiger partial charge on any atom is -0.443 e. The quantitative estimate of drug-likeness (QED) is 0.301. The first kappa shape index (κ1) is 23.7. The Labute approximate surface area is 196 Å². The molecule has 7 nitrogen and oxygen atoms in total. The van der Waals surface area contributed by atoms with Gasteiger partial charge in [-0.2, -0.15) is 13.2 Å². The van der Waals surface area contributed by atoms with Crippen LogP contribution in [0.15, 0.2) is 77.9 Å². The molecule has 4 aromatic rings. The van der Waals surface area contributed by atoms with E-state index in [0.717, 1.165) is 10.1 Å². The summed E-state index contributed by atoms with van der Waals surface area (Å²) in [7, 11) is 0. The van der Waals surface area contributed by atoms with Gasteiger partial charge in [0, 0.05) is 0 Å². The Morgan fingerprint density at radius 1 is 1.00 bits per heavy atom. The van der Waals surface area contributed by atoms with Crippen molar-refractivity contribution in [1.82, 2.24) is 15.0 Å². The van der Waals surface area contributed by atoms with Crippen molar-refractivity contribution in [3.8, 4) is 0 Å². The number of anilines is 1. The van der Waals surface area contributed by atoms with Gasteiger partial charge in [0.25, 0.3) is 5.56 Å². The van der Waals surface area contributed by atoms with Crippen LogP contribution in [0.1, 0.15) is 16.7 Å². The van der Waals surface area contributed by atoms with Crippen LogP contribution < -0.4 is 16.4 Å². The topological polar surface area (TPSA) is 85.3 Å². The molecular formula is C24H18F4N4O3. The second kappa shape index (κ2) is 9.84. The zero-order valence-corrected chi connectivity index (χ0v) is 18.0. The highest BCUT2D eigenvalue weighted by Crippen LogP contribution is 2.32. The third-order valence-electron chi connectivity index (χ3n) is 5.03. The summed E-state index contributed by atoms with van der Waals surface area (Å²) in [6.45, 7) is -0.174. The first-order valence-corrected chi connectivity index (χ1v) is 10.3. The summed E-state index contributed by atoms with van der Waals surface area (Å²) in [5, 5.41) is 0.162. The van der Waals surface area contributed by atoms with E-state index in [9.17, 15) is 27.2 Å². The van der Waals surface area contributed by atoms with Gasteiger partial charge >= 0.3 is 12.3 Å². The molecule has 0 fully saturated rings. The Bertz CT molecular complexity index is 1420. The van der Waals surface area contributed by atoms with Gasteiger partial charge in [0.05, 0.1) is 35.0 Å². The molecular weight excluding hydrogens is 468 g/mol. The largest absolute Gasteiger partial charge is 0.443 e. The molecule has 35 heavy (non-hydrogen) atoms. The van der Waals surface area contributed by atoms with Gasteiger partial charge in [-0.05, 0) is 41.5 Å². The molecule has 0 spiro atoms. The molecule has 0 radical (unpaired) electrons. The number of aromatic nitrogens is 2. The number of halogens is 4. The molecule has 4 rings (SSSR count). The van der Waals surface area contributed by atoms with Crippen molar-refractivity contribution < 1.29 is 27.1 Å².